The molecule has 1 atom stereocenters. The molecule has 7 heteroatoms. The number of carbonyl (C=O) groups excluding carboxylic acids is 2. The zero-order valence-electron chi connectivity index (χ0n) is 13.4. The van der Waals surface area contributed by atoms with Gasteiger partial charge in [0.15, 0.2) is 11.3 Å². The lowest BCUT2D eigenvalue weighted by Gasteiger charge is -2.25. The van der Waals surface area contributed by atoms with Crippen LogP contribution >= 0.6 is 0 Å². The highest BCUT2D eigenvalue weighted by atomic mass is 16.5. The summed E-state index contributed by atoms with van der Waals surface area (Å²) in [6, 6.07) is 6.55. The highest BCUT2D eigenvalue weighted by Crippen LogP contribution is 2.13. The molecule has 0 saturated heterocycles. The van der Waals surface area contributed by atoms with Gasteiger partial charge in [-0.1, -0.05) is 0 Å². The Kier molecular flexibility index (Phi) is 6.71. The Labute approximate surface area is 134 Å². The molecule has 126 valence electrons. The number of carboxylic acid groups (broad SMARTS) is 1. The zero-order valence-corrected chi connectivity index (χ0v) is 13.4. The lowest BCUT2D eigenvalue weighted by atomic mass is 10.0. The maximum absolute atomic E-state index is 12.0. The highest BCUT2D eigenvalue weighted by molar-refractivity contribution is 5.98. The third-order valence-corrected chi connectivity index (χ3v) is 3.31. The van der Waals surface area contributed by atoms with E-state index >= 15 is 0 Å². The number of amides is 1. The predicted molar refractivity (Wildman–Crippen MR) is 82.6 cm³/mol. The molecule has 1 unspecified atom stereocenters. The minimum Gasteiger partial charge on any atom is -0.497 e. The molecule has 0 radical (unpaired) electrons. The molecule has 2 N–H and O–H groups in total. The normalized spacial score (nSPS) is 13.0. The molecule has 0 aliphatic rings. The maximum atomic E-state index is 12.0. The van der Waals surface area contributed by atoms with Crippen LogP contribution in [-0.4, -0.2) is 49.1 Å². The number of carbonyl (C=O) groups is 3. The monoisotopic (exact) mass is 323 g/mol. The first kappa shape index (κ1) is 18.6. The standard InChI is InChI=1S/C16H21NO6/c1-16(10-22-2,15(20)21)17-14(19)9-8-13(18)11-4-6-12(23-3)7-5-11/h4-7H,8-10H2,1-3H3,(H,17,19)(H,20,21). The van der Waals surface area contributed by atoms with E-state index in [9.17, 15) is 14.4 Å². The van der Waals surface area contributed by atoms with Gasteiger partial charge in [0, 0.05) is 25.5 Å². The van der Waals surface area contributed by atoms with Crippen LogP contribution in [0.5, 0.6) is 5.75 Å². The fourth-order valence-corrected chi connectivity index (χ4v) is 1.96. The van der Waals surface area contributed by atoms with Gasteiger partial charge < -0.3 is 19.9 Å². The quantitative estimate of drug-likeness (QED) is 0.663. The van der Waals surface area contributed by atoms with Crippen molar-refractivity contribution in [3.63, 3.8) is 0 Å². The molecule has 7 nitrogen and oxygen atoms in total. The summed E-state index contributed by atoms with van der Waals surface area (Å²) in [5.74, 6) is -1.29. The molecule has 1 rings (SSSR count). The molecule has 0 aliphatic heterocycles. The first-order valence-corrected chi connectivity index (χ1v) is 7.03. The van der Waals surface area contributed by atoms with Gasteiger partial charge in [0.1, 0.15) is 5.75 Å². The van der Waals surface area contributed by atoms with Crippen molar-refractivity contribution in [2.24, 2.45) is 0 Å². The van der Waals surface area contributed by atoms with Crippen LogP contribution in [0.2, 0.25) is 0 Å². The molecule has 1 aromatic rings. The smallest absolute Gasteiger partial charge is 0.331 e. The molecule has 1 aromatic carbocycles. The van der Waals surface area contributed by atoms with Gasteiger partial charge in [-0.2, -0.15) is 0 Å². The average Bonchev–Trinajstić information content (AvgIpc) is 2.52. The van der Waals surface area contributed by atoms with Crippen LogP contribution in [0.1, 0.15) is 30.1 Å². The lowest BCUT2D eigenvalue weighted by Crippen LogP contribution is -2.55. The van der Waals surface area contributed by atoms with Gasteiger partial charge in [-0.25, -0.2) is 4.79 Å². The van der Waals surface area contributed by atoms with Crippen LogP contribution in [0.25, 0.3) is 0 Å². The van der Waals surface area contributed by atoms with E-state index in [2.05, 4.69) is 5.32 Å². The fourth-order valence-electron chi connectivity index (χ4n) is 1.96. The van der Waals surface area contributed by atoms with E-state index in [0.29, 0.717) is 11.3 Å². The number of carboxylic acids is 1. The molecule has 1 amide bonds. The van der Waals surface area contributed by atoms with Crippen molar-refractivity contribution in [1.82, 2.24) is 5.32 Å². The van der Waals surface area contributed by atoms with Crippen molar-refractivity contribution in [1.29, 1.82) is 0 Å². The first-order chi connectivity index (χ1) is 10.8. The topological polar surface area (TPSA) is 102 Å². The summed E-state index contributed by atoms with van der Waals surface area (Å²) in [6.45, 7) is 1.18. The highest BCUT2D eigenvalue weighted by Gasteiger charge is 2.34. The van der Waals surface area contributed by atoms with Gasteiger partial charge >= 0.3 is 5.97 Å². The lowest BCUT2D eigenvalue weighted by molar-refractivity contribution is -0.149. The van der Waals surface area contributed by atoms with Crippen LogP contribution in [0.15, 0.2) is 24.3 Å². The Bertz CT molecular complexity index is 568. The molecular formula is C16H21NO6. The van der Waals surface area contributed by atoms with Gasteiger partial charge in [-0.05, 0) is 31.2 Å². The molecule has 0 aromatic heterocycles. The van der Waals surface area contributed by atoms with Crippen LogP contribution in [-0.2, 0) is 14.3 Å². The number of methoxy groups -OCH3 is 2. The maximum Gasteiger partial charge on any atom is 0.331 e. The summed E-state index contributed by atoms with van der Waals surface area (Å²) < 4.78 is 9.82. The van der Waals surface area contributed by atoms with Crippen molar-refractivity contribution < 1.29 is 29.0 Å². The van der Waals surface area contributed by atoms with Gasteiger partial charge in [0.2, 0.25) is 5.91 Å². The Balaban J connectivity index is 2.57. The molecule has 0 aliphatic carbocycles. The number of benzene rings is 1. The van der Waals surface area contributed by atoms with Gasteiger partial charge in [-0.3, -0.25) is 9.59 Å². The Morgan fingerprint density at radius 1 is 1.13 bits per heavy atom. The Morgan fingerprint density at radius 2 is 1.74 bits per heavy atom. The number of hydrogen-bond acceptors (Lipinski definition) is 5. The molecular weight excluding hydrogens is 302 g/mol. The summed E-state index contributed by atoms with van der Waals surface area (Å²) >= 11 is 0. The van der Waals surface area contributed by atoms with Crippen LogP contribution in [0.3, 0.4) is 0 Å². The zero-order chi connectivity index (χ0) is 17.5. The van der Waals surface area contributed by atoms with Crippen molar-refractivity contribution in [3.8, 4) is 5.75 Å². The van der Waals surface area contributed by atoms with Gasteiger partial charge in [-0.15, -0.1) is 0 Å². The van der Waals surface area contributed by atoms with E-state index in [0.717, 1.165) is 0 Å². The number of hydrogen-bond donors (Lipinski definition) is 2. The molecule has 23 heavy (non-hydrogen) atoms. The minimum absolute atomic E-state index is 0.0131. The number of ether oxygens (including phenoxy) is 2. The van der Waals surface area contributed by atoms with Crippen LogP contribution in [0.4, 0.5) is 0 Å². The summed E-state index contributed by atoms with van der Waals surface area (Å²) in [6.07, 6.45) is -0.113. The molecule has 0 heterocycles. The van der Waals surface area contributed by atoms with E-state index in [1.807, 2.05) is 0 Å². The van der Waals surface area contributed by atoms with Crippen molar-refractivity contribution in [2.45, 2.75) is 25.3 Å². The summed E-state index contributed by atoms with van der Waals surface area (Å²) in [5.41, 5.74) is -1.05. The molecule has 0 bridgehead atoms. The molecule has 0 fully saturated rings. The van der Waals surface area contributed by atoms with Gasteiger partial charge in [0.05, 0.1) is 13.7 Å². The number of Topliss-reactive ketones (excluding diaryl/α,β-unsaturated/α-hetero) is 1. The Hall–Kier alpha value is -2.41. The van der Waals surface area contributed by atoms with E-state index in [1.165, 1.54) is 21.1 Å². The third kappa shape index (κ3) is 5.37. The average molecular weight is 323 g/mol. The second-order valence-corrected chi connectivity index (χ2v) is 5.27. The number of ketones is 1. The number of aliphatic carboxylic acids is 1. The summed E-state index contributed by atoms with van der Waals surface area (Å²) in [7, 11) is 2.88. The number of nitrogens with one attached hydrogen (secondary N) is 1. The molecule has 0 saturated carbocycles. The predicted octanol–water partition coefficient (Wildman–Crippen LogP) is 1.26. The number of rotatable bonds is 9. The van der Waals surface area contributed by atoms with Crippen molar-refractivity contribution in [2.75, 3.05) is 20.8 Å². The fraction of sp³-hybridized carbons (Fsp3) is 0.438. The largest absolute Gasteiger partial charge is 0.497 e. The summed E-state index contributed by atoms with van der Waals surface area (Å²) in [5, 5.41) is 11.5. The Morgan fingerprint density at radius 3 is 2.22 bits per heavy atom. The second kappa shape index (κ2) is 8.28. The SMILES string of the molecule is COCC(C)(NC(=O)CCC(=O)c1ccc(OC)cc1)C(=O)O. The van der Waals surface area contributed by atoms with Gasteiger partial charge in [0.25, 0.3) is 0 Å². The van der Waals surface area contributed by atoms with Crippen LogP contribution in [0, 0.1) is 0 Å². The van der Waals surface area contributed by atoms with E-state index in [1.54, 1.807) is 24.3 Å². The summed E-state index contributed by atoms with van der Waals surface area (Å²) in [4.78, 5) is 35.1. The van der Waals surface area contributed by atoms with E-state index in [4.69, 9.17) is 14.6 Å². The van der Waals surface area contributed by atoms with E-state index < -0.39 is 17.4 Å². The second-order valence-electron chi connectivity index (χ2n) is 5.27. The van der Waals surface area contributed by atoms with Crippen molar-refractivity contribution >= 4 is 17.7 Å². The van der Waals surface area contributed by atoms with Crippen LogP contribution < -0.4 is 10.1 Å². The van der Waals surface area contributed by atoms with E-state index in [-0.39, 0.29) is 25.2 Å². The third-order valence-electron chi connectivity index (χ3n) is 3.31. The van der Waals surface area contributed by atoms with Crippen molar-refractivity contribution in [3.05, 3.63) is 29.8 Å². The molecule has 0 spiro atoms. The first-order valence-electron chi connectivity index (χ1n) is 7.03. The minimum atomic E-state index is -1.52.